The maximum absolute atomic E-state index is 13.6. The topological polar surface area (TPSA) is 59.8 Å². The molecule has 3 aromatic carbocycles. The fourth-order valence-electron chi connectivity index (χ4n) is 3.94. The second kappa shape index (κ2) is 9.53. The minimum absolute atomic E-state index is 0.0127. The number of aromatic nitrogens is 3. The van der Waals surface area contributed by atoms with E-state index in [0.717, 1.165) is 23.8 Å². The number of nitrogens with one attached hydrogen (secondary N) is 1. The highest BCUT2D eigenvalue weighted by molar-refractivity contribution is 6.32. The first-order valence-electron chi connectivity index (χ1n) is 11.0. The van der Waals surface area contributed by atoms with Crippen molar-refractivity contribution in [3.05, 3.63) is 106 Å². The molecule has 0 spiro atoms. The van der Waals surface area contributed by atoms with E-state index in [1.54, 1.807) is 61.5 Å². The summed E-state index contributed by atoms with van der Waals surface area (Å²) in [6, 6.07) is 20.4. The molecule has 1 amide bonds. The van der Waals surface area contributed by atoms with Crippen LogP contribution in [0.4, 0.5) is 19.0 Å². The van der Waals surface area contributed by atoms with Gasteiger partial charge in [-0.05, 0) is 49.4 Å². The van der Waals surface area contributed by atoms with Crippen LogP contribution < -0.4 is 5.32 Å². The normalized spacial score (nSPS) is 11.6. The Labute approximate surface area is 219 Å². The fourth-order valence-corrected chi connectivity index (χ4v) is 4.26. The summed E-state index contributed by atoms with van der Waals surface area (Å²) in [5.74, 6) is -0.323. The molecular weight excluding hydrogens is 524 g/mol. The maximum Gasteiger partial charge on any atom is 0.416 e. The first-order valence-corrected chi connectivity index (χ1v) is 11.8. The quantitative estimate of drug-likeness (QED) is 0.251. The molecule has 10 heteroatoms. The van der Waals surface area contributed by atoms with Crippen molar-refractivity contribution >= 4 is 45.8 Å². The third-order valence-corrected chi connectivity index (χ3v) is 6.25. The standard InChI is InChI=1S/C27H17Cl2F3N4O/c1-15-12-25(36(35-15)24-13-17(27(30,31)32)8-11-21(24)29)34-26(37)20-14-23(16-6-9-18(28)10-7-16)33-22-5-3-2-4-19(20)22/h2-14H,1H3,(H,34,37). The van der Waals surface area contributed by atoms with Crippen LogP contribution in [-0.4, -0.2) is 20.7 Å². The molecule has 0 atom stereocenters. The van der Waals surface area contributed by atoms with Crippen molar-refractivity contribution in [3.63, 3.8) is 0 Å². The van der Waals surface area contributed by atoms with E-state index in [4.69, 9.17) is 23.2 Å². The van der Waals surface area contributed by atoms with Gasteiger partial charge in [0.2, 0.25) is 0 Å². The number of amides is 1. The van der Waals surface area contributed by atoms with Crippen LogP contribution in [-0.2, 0) is 6.18 Å². The molecule has 0 saturated heterocycles. The zero-order valence-electron chi connectivity index (χ0n) is 19.1. The number of nitrogens with zero attached hydrogens (tertiary/aromatic N) is 3. The minimum Gasteiger partial charge on any atom is -0.306 e. The first-order chi connectivity index (χ1) is 17.6. The van der Waals surface area contributed by atoms with Gasteiger partial charge in [0, 0.05) is 22.0 Å². The van der Waals surface area contributed by atoms with Gasteiger partial charge in [0.05, 0.1) is 38.7 Å². The lowest BCUT2D eigenvalue weighted by molar-refractivity contribution is -0.137. The van der Waals surface area contributed by atoms with E-state index in [2.05, 4.69) is 15.4 Å². The predicted molar refractivity (Wildman–Crippen MR) is 138 cm³/mol. The van der Waals surface area contributed by atoms with Crippen LogP contribution in [0.1, 0.15) is 21.6 Å². The Morgan fingerprint density at radius 2 is 1.68 bits per heavy atom. The predicted octanol–water partition coefficient (Wildman–Crippen LogP) is 7.97. The van der Waals surface area contributed by atoms with Crippen LogP contribution in [0.3, 0.4) is 0 Å². The van der Waals surface area contributed by atoms with Gasteiger partial charge in [-0.15, -0.1) is 0 Å². The van der Waals surface area contributed by atoms with E-state index < -0.39 is 17.6 Å². The number of hydrogen-bond donors (Lipinski definition) is 1. The van der Waals surface area contributed by atoms with Gasteiger partial charge in [0.15, 0.2) is 0 Å². The zero-order chi connectivity index (χ0) is 26.3. The molecule has 0 saturated carbocycles. The van der Waals surface area contributed by atoms with Crippen LogP contribution in [0.5, 0.6) is 0 Å². The fraction of sp³-hybridized carbons (Fsp3) is 0.0741. The second-order valence-electron chi connectivity index (χ2n) is 8.28. The van der Waals surface area contributed by atoms with Crippen molar-refractivity contribution in [2.24, 2.45) is 0 Å². The number of carbonyl (C=O) groups excluding carboxylic acids is 1. The van der Waals surface area contributed by atoms with Crippen molar-refractivity contribution in [2.75, 3.05) is 5.32 Å². The Morgan fingerprint density at radius 1 is 0.946 bits per heavy atom. The molecular formula is C27H17Cl2F3N4O. The van der Waals surface area contributed by atoms with Crippen LogP contribution in [0, 0.1) is 6.92 Å². The SMILES string of the molecule is Cc1cc(NC(=O)c2cc(-c3ccc(Cl)cc3)nc3ccccc23)n(-c2cc(C(F)(F)F)ccc2Cl)n1. The summed E-state index contributed by atoms with van der Waals surface area (Å²) in [5.41, 5.74) is 1.84. The van der Waals surface area contributed by atoms with E-state index in [-0.39, 0.29) is 16.5 Å². The second-order valence-corrected chi connectivity index (χ2v) is 9.12. The third kappa shape index (κ3) is 5.03. The Balaban J connectivity index is 1.58. The monoisotopic (exact) mass is 540 g/mol. The summed E-state index contributed by atoms with van der Waals surface area (Å²) < 4.78 is 41.2. The molecule has 37 heavy (non-hydrogen) atoms. The lowest BCUT2D eigenvalue weighted by atomic mass is 10.0. The molecule has 0 bridgehead atoms. The summed E-state index contributed by atoms with van der Waals surface area (Å²) in [4.78, 5) is 18.2. The summed E-state index contributed by atoms with van der Waals surface area (Å²) >= 11 is 12.2. The minimum atomic E-state index is -4.57. The van der Waals surface area contributed by atoms with Gasteiger partial charge < -0.3 is 5.32 Å². The Bertz CT molecular complexity index is 1650. The maximum atomic E-state index is 13.6. The molecule has 0 aliphatic rings. The van der Waals surface area contributed by atoms with Gasteiger partial charge in [0.25, 0.3) is 5.91 Å². The van der Waals surface area contributed by atoms with Gasteiger partial charge in [-0.3, -0.25) is 4.79 Å². The number of alkyl halides is 3. The molecule has 2 aromatic heterocycles. The lowest BCUT2D eigenvalue weighted by Gasteiger charge is -2.14. The molecule has 5 aromatic rings. The average Bonchev–Trinajstić information content (AvgIpc) is 3.22. The number of para-hydroxylation sites is 1. The van der Waals surface area contributed by atoms with Gasteiger partial charge in [-0.2, -0.15) is 18.3 Å². The van der Waals surface area contributed by atoms with Gasteiger partial charge in [-0.25, -0.2) is 9.67 Å². The van der Waals surface area contributed by atoms with Crippen molar-refractivity contribution < 1.29 is 18.0 Å². The highest BCUT2D eigenvalue weighted by Gasteiger charge is 2.31. The van der Waals surface area contributed by atoms with E-state index in [1.807, 2.05) is 6.07 Å². The summed E-state index contributed by atoms with van der Waals surface area (Å²) in [6.07, 6.45) is -4.57. The van der Waals surface area contributed by atoms with Crippen molar-refractivity contribution in [1.29, 1.82) is 0 Å². The number of anilines is 1. The summed E-state index contributed by atoms with van der Waals surface area (Å²) in [6.45, 7) is 1.66. The molecule has 0 fully saturated rings. The molecule has 186 valence electrons. The summed E-state index contributed by atoms with van der Waals surface area (Å²) in [7, 11) is 0. The van der Waals surface area contributed by atoms with Crippen LogP contribution in [0.25, 0.3) is 27.8 Å². The Morgan fingerprint density at radius 3 is 2.41 bits per heavy atom. The molecule has 0 radical (unpaired) electrons. The number of aryl methyl sites for hydroxylation is 1. The molecule has 0 aliphatic heterocycles. The third-order valence-electron chi connectivity index (χ3n) is 5.68. The van der Waals surface area contributed by atoms with Crippen LogP contribution in [0.15, 0.2) is 78.9 Å². The van der Waals surface area contributed by atoms with Gasteiger partial charge >= 0.3 is 6.18 Å². The summed E-state index contributed by atoms with van der Waals surface area (Å²) in [5, 5.41) is 8.28. The zero-order valence-corrected chi connectivity index (χ0v) is 20.7. The first kappa shape index (κ1) is 24.8. The molecule has 1 N–H and O–H groups in total. The number of pyridine rings is 1. The number of rotatable bonds is 4. The molecule has 2 heterocycles. The smallest absolute Gasteiger partial charge is 0.306 e. The van der Waals surface area contributed by atoms with Crippen LogP contribution in [0.2, 0.25) is 10.0 Å². The van der Waals surface area contributed by atoms with Crippen molar-refractivity contribution in [3.8, 4) is 16.9 Å². The number of halogens is 5. The van der Waals surface area contributed by atoms with E-state index in [9.17, 15) is 18.0 Å². The highest BCUT2D eigenvalue weighted by atomic mass is 35.5. The highest BCUT2D eigenvalue weighted by Crippen LogP contribution is 2.34. The Hall–Kier alpha value is -3.88. The molecule has 0 unspecified atom stereocenters. The number of benzene rings is 3. The molecule has 0 aliphatic carbocycles. The van der Waals surface area contributed by atoms with Crippen molar-refractivity contribution in [1.82, 2.24) is 14.8 Å². The number of hydrogen-bond acceptors (Lipinski definition) is 3. The number of fused-ring (bicyclic) bond motifs is 1. The molecule has 5 nitrogen and oxygen atoms in total. The average molecular weight is 541 g/mol. The van der Waals surface area contributed by atoms with E-state index in [0.29, 0.717) is 32.9 Å². The van der Waals surface area contributed by atoms with Gasteiger partial charge in [-0.1, -0.05) is 53.5 Å². The van der Waals surface area contributed by atoms with E-state index >= 15 is 0 Å². The number of carbonyl (C=O) groups is 1. The Kier molecular flexibility index (Phi) is 6.39. The van der Waals surface area contributed by atoms with Gasteiger partial charge in [0.1, 0.15) is 5.82 Å². The van der Waals surface area contributed by atoms with E-state index in [1.165, 1.54) is 4.68 Å². The van der Waals surface area contributed by atoms with Crippen LogP contribution >= 0.6 is 23.2 Å². The molecule has 5 rings (SSSR count). The van der Waals surface area contributed by atoms with Crippen molar-refractivity contribution in [2.45, 2.75) is 13.1 Å². The lowest BCUT2D eigenvalue weighted by Crippen LogP contribution is -2.16. The largest absolute Gasteiger partial charge is 0.416 e.